The average Bonchev–Trinajstić information content (AvgIpc) is 3.16. The number of amides is 3. The van der Waals surface area contributed by atoms with Gasteiger partial charge in [0.2, 0.25) is 0 Å². The van der Waals surface area contributed by atoms with Crippen molar-refractivity contribution in [1.29, 1.82) is 0 Å². The number of halogens is 3. The van der Waals surface area contributed by atoms with Crippen molar-refractivity contribution in [3.63, 3.8) is 0 Å². The van der Waals surface area contributed by atoms with Gasteiger partial charge in [0.1, 0.15) is 17.9 Å². The number of carbonyl (C=O) groups excluding carboxylic acids is 2. The van der Waals surface area contributed by atoms with E-state index in [1.807, 2.05) is 0 Å². The van der Waals surface area contributed by atoms with Crippen molar-refractivity contribution in [2.75, 3.05) is 4.90 Å². The molecule has 2 aromatic carbocycles. The number of imide groups is 1. The van der Waals surface area contributed by atoms with Crippen LogP contribution in [0, 0.1) is 6.92 Å². The molecule has 0 aromatic heterocycles. The molecule has 2 aliphatic heterocycles. The Morgan fingerprint density at radius 1 is 1.07 bits per heavy atom. The van der Waals surface area contributed by atoms with Crippen molar-refractivity contribution in [3.8, 4) is 0 Å². The van der Waals surface area contributed by atoms with Crippen LogP contribution >= 0.6 is 11.8 Å². The minimum atomic E-state index is -4.54. The molecule has 0 radical (unpaired) electrons. The third-order valence-electron chi connectivity index (χ3n) is 4.91. The predicted octanol–water partition coefficient (Wildman–Crippen LogP) is 4.76. The first kappa shape index (κ1) is 19.4. The largest absolute Gasteiger partial charge is 0.506 e. The van der Waals surface area contributed by atoms with Crippen LogP contribution in [-0.2, 0) is 17.5 Å². The standard InChI is InChI=1S/C21H16F3N2O2S/c1-13-6-2-5-9-16(13)26-19(27)18-17(10-11-29-18)25(20(26)28)12-14-7-3-4-8-15(14)21(22,23)24/h2-11,18H,12H2,1H3/q+1. The third-order valence-corrected chi connectivity index (χ3v) is 5.92. The van der Waals surface area contributed by atoms with Gasteiger partial charge in [-0.25, -0.2) is 4.79 Å². The van der Waals surface area contributed by atoms with E-state index >= 15 is 0 Å². The molecule has 0 N–H and O–H groups in total. The van der Waals surface area contributed by atoms with E-state index in [1.165, 1.54) is 34.5 Å². The lowest BCUT2D eigenvalue weighted by molar-refractivity contribution is -0.444. The molecule has 2 aromatic rings. The normalized spacial score (nSPS) is 19.2. The zero-order valence-electron chi connectivity index (χ0n) is 15.3. The van der Waals surface area contributed by atoms with Gasteiger partial charge in [-0.05, 0) is 36.1 Å². The Hall–Kier alpha value is -2.87. The van der Waals surface area contributed by atoms with Crippen LogP contribution in [-0.4, -0.2) is 27.5 Å². The number of hydrogen-bond acceptors (Lipinski definition) is 3. The number of anilines is 1. The Morgan fingerprint density at radius 2 is 1.76 bits per heavy atom. The third kappa shape index (κ3) is 3.37. The zero-order valence-corrected chi connectivity index (χ0v) is 16.1. The maximum Gasteiger partial charge on any atom is 0.506 e. The smallest absolute Gasteiger partial charge is 0.244 e. The predicted molar refractivity (Wildman–Crippen MR) is 105 cm³/mol. The van der Waals surface area contributed by atoms with E-state index in [0.717, 1.165) is 16.5 Å². The molecule has 0 saturated heterocycles. The number of alkyl halides is 3. The SMILES string of the molecule is Cc1ccccc1N1C(=O)C2SC=CC2=[N+](Cc2ccccc2C(F)(F)F)C1=O. The summed E-state index contributed by atoms with van der Waals surface area (Å²) in [6.07, 6.45) is -2.91. The lowest BCUT2D eigenvalue weighted by Crippen LogP contribution is -2.55. The van der Waals surface area contributed by atoms with Gasteiger partial charge < -0.3 is 0 Å². The van der Waals surface area contributed by atoms with Crippen molar-refractivity contribution in [3.05, 3.63) is 76.7 Å². The van der Waals surface area contributed by atoms with Crippen molar-refractivity contribution < 1.29 is 27.3 Å². The van der Waals surface area contributed by atoms with Crippen LogP contribution in [0.3, 0.4) is 0 Å². The van der Waals surface area contributed by atoms with Gasteiger partial charge in [0, 0.05) is 5.56 Å². The highest BCUT2D eigenvalue weighted by Gasteiger charge is 2.50. The topological polar surface area (TPSA) is 40.4 Å². The number of urea groups is 1. The first-order valence-electron chi connectivity index (χ1n) is 8.84. The maximum absolute atomic E-state index is 13.4. The second kappa shape index (κ2) is 7.18. The van der Waals surface area contributed by atoms with E-state index in [0.29, 0.717) is 11.4 Å². The summed E-state index contributed by atoms with van der Waals surface area (Å²) in [6.45, 7) is 1.50. The van der Waals surface area contributed by atoms with Gasteiger partial charge in [-0.2, -0.15) is 22.5 Å². The minimum Gasteiger partial charge on any atom is -0.244 e. The van der Waals surface area contributed by atoms with Gasteiger partial charge in [-0.3, -0.25) is 0 Å². The number of rotatable bonds is 3. The Labute approximate surface area is 169 Å². The number of allylic oxidation sites excluding steroid dienone is 1. The molecule has 0 bridgehead atoms. The summed E-state index contributed by atoms with van der Waals surface area (Å²) in [5.74, 6) is -0.394. The highest BCUT2D eigenvalue weighted by molar-refractivity contribution is 8.04. The number of benzene rings is 2. The van der Waals surface area contributed by atoms with Crippen molar-refractivity contribution in [2.45, 2.75) is 24.9 Å². The fourth-order valence-electron chi connectivity index (χ4n) is 3.50. The van der Waals surface area contributed by atoms with Crippen molar-refractivity contribution >= 4 is 35.1 Å². The Morgan fingerprint density at radius 3 is 2.48 bits per heavy atom. The van der Waals surface area contributed by atoms with E-state index in [-0.39, 0.29) is 12.1 Å². The van der Waals surface area contributed by atoms with Crippen molar-refractivity contribution in [1.82, 2.24) is 0 Å². The summed E-state index contributed by atoms with van der Waals surface area (Å²) < 4.78 is 41.6. The van der Waals surface area contributed by atoms with Gasteiger partial charge in [0.15, 0.2) is 5.25 Å². The molecule has 8 heteroatoms. The van der Waals surface area contributed by atoms with Crippen LogP contribution in [0.15, 0.2) is 60.0 Å². The lowest BCUT2D eigenvalue weighted by atomic mass is 10.1. The monoisotopic (exact) mass is 417 g/mol. The molecular weight excluding hydrogens is 401 g/mol. The highest BCUT2D eigenvalue weighted by Crippen LogP contribution is 2.35. The summed E-state index contributed by atoms with van der Waals surface area (Å²) in [5, 5.41) is 1.03. The Bertz CT molecular complexity index is 1080. The van der Waals surface area contributed by atoms with Gasteiger partial charge in [0.25, 0.3) is 0 Å². The fraction of sp³-hybridized carbons (Fsp3) is 0.190. The summed E-state index contributed by atoms with van der Waals surface area (Å²) in [7, 11) is 0. The van der Waals surface area contributed by atoms with E-state index in [2.05, 4.69) is 0 Å². The minimum absolute atomic E-state index is 0.0241. The summed E-state index contributed by atoms with van der Waals surface area (Å²) in [6, 6.07) is 11.5. The van der Waals surface area contributed by atoms with Crippen LogP contribution in [0.1, 0.15) is 16.7 Å². The molecule has 0 spiro atoms. The molecule has 4 rings (SSSR count). The molecule has 4 nitrogen and oxygen atoms in total. The maximum atomic E-state index is 13.4. The van der Waals surface area contributed by atoms with Crippen LogP contribution < -0.4 is 4.90 Å². The Balaban J connectivity index is 1.82. The van der Waals surface area contributed by atoms with Crippen LogP contribution in [0.5, 0.6) is 0 Å². The zero-order chi connectivity index (χ0) is 20.8. The number of hydrogen-bond donors (Lipinski definition) is 0. The van der Waals surface area contributed by atoms with E-state index in [9.17, 15) is 22.8 Å². The molecule has 0 aliphatic carbocycles. The number of para-hydroxylation sites is 1. The number of fused-ring (bicyclic) bond motifs is 1. The van der Waals surface area contributed by atoms with E-state index in [4.69, 9.17) is 0 Å². The van der Waals surface area contributed by atoms with Crippen LogP contribution in [0.4, 0.5) is 23.7 Å². The quantitative estimate of drug-likeness (QED) is 0.676. The first-order valence-corrected chi connectivity index (χ1v) is 9.78. The summed E-state index contributed by atoms with van der Waals surface area (Å²) in [5.41, 5.74) is 0.752. The van der Waals surface area contributed by atoms with Gasteiger partial charge >= 0.3 is 18.1 Å². The molecule has 2 heterocycles. The molecule has 3 amide bonds. The summed E-state index contributed by atoms with van der Waals surface area (Å²) >= 11 is 1.24. The first-order chi connectivity index (χ1) is 13.8. The van der Waals surface area contributed by atoms with E-state index < -0.39 is 28.9 Å². The average molecular weight is 417 g/mol. The number of nitrogens with zero attached hydrogens (tertiary/aromatic N) is 2. The van der Waals surface area contributed by atoms with E-state index in [1.54, 1.807) is 42.7 Å². The fourth-order valence-corrected chi connectivity index (χ4v) is 4.45. The van der Waals surface area contributed by atoms with Crippen molar-refractivity contribution in [2.24, 2.45) is 0 Å². The summed E-state index contributed by atoms with van der Waals surface area (Å²) in [4.78, 5) is 27.4. The Kier molecular flexibility index (Phi) is 4.82. The van der Waals surface area contributed by atoms with Crippen LogP contribution in [0.25, 0.3) is 0 Å². The second-order valence-corrected chi connectivity index (χ2v) is 7.74. The second-order valence-electron chi connectivity index (χ2n) is 6.73. The van der Waals surface area contributed by atoms with Crippen LogP contribution in [0.2, 0.25) is 0 Å². The molecule has 1 unspecified atom stereocenters. The molecule has 1 atom stereocenters. The molecule has 0 fully saturated rings. The number of carbonyl (C=O) groups is 2. The molecule has 29 heavy (non-hydrogen) atoms. The molecule has 0 saturated carbocycles. The lowest BCUT2D eigenvalue weighted by Gasteiger charge is -2.25. The highest BCUT2D eigenvalue weighted by atomic mass is 32.2. The molecule has 148 valence electrons. The number of thioether (sulfide) groups is 1. The van der Waals surface area contributed by atoms with Gasteiger partial charge in [0.05, 0.1) is 5.56 Å². The molecule has 2 aliphatic rings. The van der Waals surface area contributed by atoms with Gasteiger partial charge in [-0.1, -0.05) is 36.4 Å². The number of aryl methyl sites for hydroxylation is 1. The van der Waals surface area contributed by atoms with Gasteiger partial charge in [-0.15, -0.1) is 16.7 Å². The molecular formula is C21H16F3N2O2S+.